The minimum absolute atomic E-state index is 0.0109. The van der Waals surface area contributed by atoms with Crippen molar-refractivity contribution in [3.05, 3.63) is 77.0 Å². The molecule has 2 amide bonds. The molecule has 4 aromatic rings. The van der Waals surface area contributed by atoms with Crippen LogP contribution in [0, 0.1) is 5.82 Å². The monoisotopic (exact) mass is 586 g/mol. The third kappa shape index (κ3) is 5.34. The van der Waals surface area contributed by atoms with Gasteiger partial charge >= 0.3 is 6.09 Å². The lowest BCUT2D eigenvalue weighted by molar-refractivity contribution is 0.0248. The fourth-order valence-corrected chi connectivity index (χ4v) is 5.63. The number of imide groups is 1. The SMILES string of the molecule is COC1(c2ccc(Nc3ccc(-c4cnc5cc(F)ccn45)c4c3C(=O)N(C(=O)OC(C)(C)C)C4)nc2CN(C)C)CC1. The summed E-state index contributed by atoms with van der Waals surface area (Å²) in [5.74, 6) is -0.308. The van der Waals surface area contributed by atoms with Crippen LogP contribution < -0.4 is 5.32 Å². The largest absolute Gasteiger partial charge is 0.443 e. The molecule has 1 aromatic carbocycles. The molecule has 1 saturated carbocycles. The number of benzene rings is 1. The van der Waals surface area contributed by atoms with Gasteiger partial charge in [-0.25, -0.2) is 24.1 Å². The van der Waals surface area contributed by atoms with E-state index in [4.69, 9.17) is 14.5 Å². The average Bonchev–Trinajstić information content (AvgIpc) is 3.49. The predicted octanol–water partition coefficient (Wildman–Crippen LogP) is 5.87. The number of anilines is 2. The number of nitrogens with zero attached hydrogens (tertiary/aromatic N) is 5. The second-order valence-corrected chi connectivity index (χ2v) is 12.4. The maximum absolute atomic E-state index is 13.9. The number of carbonyl (C=O) groups excluding carboxylic acids is 2. The fraction of sp³-hybridized carbons (Fsp3) is 0.375. The Morgan fingerprint density at radius 2 is 1.93 bits per heavy atom. The predicted molar refractivity (Wildman–Crippen MR) is 160 cm³/mol. The molecule has 1 fully saturated rings. The Morgan fingerprint density at radius 1 is 1.16 bits per heavy atom. The first-order valence-electron chi connectivity index (χ1n) is 14.2. The molecule has 10 nitrogen and oxygen atoms in total. The van der Waals surface area contributed by atoms with Gasteiger partial charge in [-0.05, 0) is 71.5 Å². The van der Waals surface area contributed by atoms with Gasteiger partial charge in [0.05, 0.1) is 41.0 Å². The summed E-state index contributed by atoms with van der Waals surface area (Å²) in [5.41, 5.74) is 4.16. The van der Waals surface area contributed by atoms with Crippen LogP contribution in [0.4, 0.5) is 20.7 Å². The quantitative estimate of drug-likeness (QED) is 0.287. The molecule has 1 N–H and O–H groups in total. The van der Waals surface area contributed by atoms with Crippen LogP contribution in [0.15, 0.2) is 48.8 Å². The highest BCUT2D eigenvalue weighted by molar-refractivity contribution is 6.11. The van der Waals surface area contributed by atoms with Crippen molar-refractivity contribution in [3.8, 4) is 11.3 Å². The van der Waals surface area contributed by atoms with Crippen molar-refractivity contribution in [2.24, 2.45) is 0 Å². The lowest BCUT2D eigenvalue weighted by Crippen LogP contribution is -2.37. The van der Waals surface area contributed by atoms with Crippen LogP contribution >= 0.6 is 0 Å². The first-order chi connectivity index (χ1) is 20.4. The average molecular weight is 587 g/mol. The Balaban J connectivity index is 1.43. The Morgan fingerprint density at radius 3 is 2.60 bits per heavy atom. The third-order valence-electron chi connectivity index (χ3n) is 7.74. The van der Waals surface area contributed by atoms with Crippen LogP contribution in [-0.4, -0.2) is 63.0 Å². The molecule has 0 unspecified atom stereocenters. The summed E-state index contributed by atoms with van der Waals surface area (Å²) in [6.45, 7) is 5.89. The van der Waals surface area contributed by atoms with Crippen LogP contribution in [-0.2, 0) is 28.2 Å². The number of nitrogens with one attached hydrogen (secondary N) is 1. The van der Waals surface area contributed by atoms with E-state index in [1.807, 2.05) is 32.3 Å². The number of carbonyl (C=O) groups is 2. The lowest BCUT2D eigenvalue weighted by Gasteiger charge is -2.23. The van der Waals surface area contributed by atoms with Gasteiger partial charge in [0, 0.05) is 37.0 Å². The first kappa shape index (κ1) is 28.8. The molecule has 0 bridgehead atoms. The zero-order chi connectivity index (χ0) is 30.7. The molecule has 0 saturated heterocycles. The smallest absolute Gasteiger partial charge is 0.417 e. The molecule has 0 spiro atoms. The Labute approximate surface area is 249 Å². The summed E-state index contributed by atoms with van der Waals surface area (Å²) >= 11 is 0. The molecule has 0 atom stereocenters. The molecule has 0 radical (unpaired) electrons. The lowest BCUT2D eigenvalue weighted by atomic mass is 9.99. The topological polar surface area (TPSA) is 101 Å². The number of hydrogen-bond acceptors (Lipinski definition) is 8. The summed E-state index contributed by atoms with van der Waals surface area (Å²) in [6.07, 6.45) is 4.39. The summed E-state index contributed by atoms with van der Waals surface area (Å²) in [6, 6.07) is 10.3. The van der Waals surface area contributed by atoms with Gasteiger partial charge < -0.3 is 19.7 Å². The van der Waals surface area contributed by atoms with E-state index in [-0.39, 0.29) is 12.1 Å². The van der Waals surface area contributed by atoms with Crippen LogP contribution in [0.2, 0.25) is 0 Å². The summed E-state index contributed by atoms with van der Waals surface area (Å²) in [5, 5.41) is 3.35. The molecular weight excluding hydrogens is 551 g/mol. The highest BCUT2D eigenvalue weighted by atomic mass is 19.1. The first-order valence-corrected chi connectivity index (χ1v) is 14.2. The Hall–Kier alpha value is -4.35. The van der Waals surface area contributed by atoms with Crippen molar-refractivity contribution in [2.75, 3.05) is 26.5 Å². The van der Waals surface area contributed by atoms with Crippen LogP contribution in [0.5, 0.6) is 0 Å². The molecule has 4 heterocycles. The normalized spacial score (nSPS) is 15.7. The standard InChI is InChI=1S/C32H35FN6O4/c1-31(2,3)43-30(41)39-17-21-20(25-16-34-27-15-19(33)11-14-38(25)27)7-9-23(28(21)29(39)40)35-26-10-8-22(32(42-6)12-13-32)24(36-26)18-37(4)5/h7-11,14-16H,12-13,17-18H2,1-6H3,(H,35,36). The fourth-order valence-electron chi connectivity index (χ4n) is 5.63. The van der Waals surface area contributed by atoms with Gasteiger partial charge in [-0.15, -0.1) is 0 Å². The van der Waals surface area contributed by atoms with E-state index in [0.717, 1.165) is 29.0 Å². The van der Waals surface area contributed by atoms with Crippen molar-refractivity contribution in [3.63, 3.8) is 0 Å². The Bertz CT molecular complexity index is 1750. The van der Waals surface area contributed by atoms with Crippen molar-refractivity contribution in [1.29, 1.82) is 0 Å². The van der Waals surface area contributed by atoms with Gasteiger partial charge in [0.25, 0.3) is 5.91 Å². The minimum atomic E-state index is -0.780. The third-order valence-corrected chi connectivity index (χ3v) is 7.74. The number of methoxy groups -OCH3 is 1. The number of rotatable bonds is 7. The molecule has 43 heavy (non-hydrogen) atoms. The minimum Gasteiger partial charge on any atom is -0.443 e. The summed E-state index contributed by atoms with van der Waals surface area (Å²) < 4.78 is 27.1. The van der Waals surface area contributed by atoms with E-state index in [1.54, 1.807) is 50.7 Å². The Kier molecular flexibility index (Phi) is 6.97. The number of ether oxygens (including phenoxy) is 2. The number of imidazole rings is 1. The van der Waals surface area contributed by atoms with E-state index in [1.165, 1.54) is 12.1 Å². The molecule has 1 aliphatic carbocycles. The number of aromatic nitrogens is 3. The van der Waals surface area contributed by atoms with Crippen molar-refractivity contribution in [1.82, 2.24) is 24.2 Å². The highest BCUT2D eigenvalue weighted by Gasteiger charge is 2.46. The van der Waals surface area contributed by atoms with Gasteiger partial charge in [0.2, 0.25) is 0 Å². The number of fused-ring (bicyclic) bond motifs is 2. The van der Waals surface area contributed by atoms with Gasteiger partial charge in [-0.1, -0.05) is 12.1 Å². The van der Waals surface area contributed by atoms with Gasteiger partial charge in [-0.2, -0.15) is 0 Å². The summed E-state index contributed by atoms with van der Waals surface area (Å²) in [4.78, 5) is 39.5. The van der Waals surface area contributed by atoms with E-state index in [0.29, 0.717) is 46.1 Å². The highest BCUT2D eigenvalue weighted by Crippen LogP contribution is 2.50. The van der Waals surface area contributed by atoms with Gasteiger partial charge in [0.15, 0.2) is 0 Å². The van der Waals surface area contributed by atoms with Gasteiger partial charge in [0.1, 0.15) is 22.9 Å². The van der Waals surface area contributed by atoms with E-state index < -0.39 is 23.4 Å². The van der Waals surface area contributed by atoms with E-state index in [9.17, 15) is 14.0 Å². The number of hydrogen-bond donors (Lipinski definition) is 1. The molecule has 224 valence electrons. The molecule has 11 heteroatoms. The van der Waals surface area contributed by atoms with Crippen LogP contribution in [0.1, 0.15) is 60.8 Å². The molecule has 1 aliphatic heterocycles. The van der Waals surface area contributed by atoms with E-state index >= 15 is 0 Å². The summed E-state index contributed by atoms with van der Waals surface area (Å²) in [7, 11) is 5.70. The molecule has 2 aliphatic rings. The number of pyridine rings is 2. The van der Waals surface area contributed by atoms with Crippen LogP contribution in [0.25, 0.3) is 16.9 Å². The zero-order valence-electron chi connectivity index (χ0n) is 25.2. The second-order valence-electron chi connectivity index (χ2n) is 12.4. The van der Waals surface area contributed by atoms with E-state index in [2.05, 4.69) is 15.2 Å². The second kappa shape index (κ2) is 10.4. The number of amides is 2. The maximum Gasteiger partial charge on any atom is 0.417 e. The maximum atomic E-state index is 13.9. The van der Waals surface area contributed by atoms with Gasteiger partial charge in [-0.3, -0.25) is 9.20 Å². The number of halogens is 1. The van der Waals surface area contributed by atoms with Crippen molar-refractivity contribution in [2.45, 2.75) is 57.9 Å². The van der Waals surface area contributed by atoms with Crippen LogP contribution in [0.3, 0.4) is 0 Å². The van der Waals surface area contributed by atoms with Crippen molar-refractivity contribution >= 4 is 29.2 Å². The van der Waals surface area contributed by atoms with Crippen molar-refractivity contribution < 1.29 is 23.5 Å². The zero-order valence-corrected chi connectivity index (χ0v) is 25.2. The molecule has 3 aromatic heterocycles. The molecular formula is C32H35FN6O4. The molecule has 6 rings (SSSR count).